The van der Waals surface area contributed by atoms with Gasteiger partial charge in [0, 0.05) is 6.54 Å². The number of methoxy groups -OCH3 is 1. The van der Waals surface area contributed by atoms with E-state index in [0.717, 1.165) is 5.56 Å². The SMILES string of the molecule is COc1nc(C)nc(NCc2ccc(F)cc2)c1[N+](=O)[O-]. The zero-order valence-corrected chi connectivity index (χ0v) is 11.5. The van der Waals surface area contributed by atoms with E-state index < -0.39 is 4.92 Å². The van der Waals surface area contributed by atoms with Crippen LogP contribution in [0.4, 0.5) is 15.9 Å². The van der Waals surface area contributed by atoms with E-state index in [-0.39, 0.29) is 29.7 Å². The number of nitrogens with one attached hydrogen (secondary N) is 1. The third-order valence-electron chi connectivity index (χ3n) is 2.71. The number of hydrogen-bond donors (Lipinski definition) is 1. The molecule has 110 valence electrons. The van der Waals surface area contributed by atoms with Crippen molar-refractivity contribution in [2.45, 2.75) is 13.5 Å². The lowest BCUT2D eigenvalue weighted by molar-refractivity contribution is -0.385. The van der Waals surface area contributed by atoms with Crippen LogP contribution in [0.5, 0.6) is 5.88 Å². The van der Waals surface area contributed by atoms with Crippen LogP contribution in [0.15, 0.2) is 24.3 Å². The fourth-order valence-corrected chi connectivity index (χ4v) is 1.76. The molecule has 0 fully saturated rings. The minimum atomic E-state index is -0.606. The van der Waals surface area contributed by atoms with Crippen LogP contribution in [0.3, 0.4) is 0 Å². The molecule has 1 aromatic heterocycles. The molecule has 7 nitrogen and oxygen atoms in total. The first kappa shape index (κ1) is 14.6. The van der Waals surface area contributed by atoms with Crippen molar-refractivity contribution in [1.29, 1.82) is 0 Å². The summed E-state index contributed by atoms with van der Waals surface area (Å²) < 4.78 is 17.7. The predicted molar refractivity (Wildman–Crippen MR) is 73.7 cm³/mol. The summed E-state index contributed by atoms with van der Waals surface area (Å²) in [6.07, 6.45) is 0. The fraction of sp³-hybridized carbons (Fsp3) is 0.231. The molecule has 1 aromatic carbocycles. The van der Waals surface area contributed by atoms with Crippen molar-refractivity contribution < 1.29 is 14.1 Å². The third kappa shape index (κ3) is 3.41. The Bertz CT molecular complexity index is 661. The zero-order chi connectivity index (χ0) is 15.4. The summed E-state index contributed by atoms with van der Waals surface area (Å²) in [7, 11) is 1.30. The van der Waals surface area contributed by atoms with Crippen LogP contribution in [0.25, 0.3) is 0 Å². The predicted octanol–water partition coefficient (Wildman–Crippen LogP) is 2.45. The summed E-state index contributed by atoms with van der Waals surface area (Å²) in [6, 6.07) is 5.80. The number of halogens is 1. The lowest BCUT2D eigenvalue weighted by atomic mass is 10.2. The second kappa shape index (κ2) is 6.12. The maximum absolute atomic E-state index is 12.8. The number of ether oxygens (including phenoxy) is 1. The molecule has 0 bridgehead atoms. The number of aryl methyl sites for hydroxylation is 1. The number of benzene rings is 1. The summed E-state index contributed by atoms with van der Waals surface area (Å²) in [4.78, 5) is 18.4. The first-order chi connectivity index (χ1) is 10.0. The van der Waals surface area contributed by atoms with E-state index in [0.29, 0.717) is 5.82 Å². The number of nitrogens with zero attached hydrogens (tertiary/aromatic N) is 3. The van der Waals surface area contributed by atoms with Crippen molar-refractivity contribution in [2.75, 3.05) is 12.4 Å². The molecule has 0 aliphatic rings. The summed E-state index contributed by atoms with van der Waals surface area (Å²) in [5, 5.41) is 14.0. The minimum Gasteiger partial charge on any atom is -0.476 e. The van der Waals surface area contributed by atoms with Gasteiger partial charge in [0.15, 0.2) is 0 Å². The molecule has 0 unspecified atom stereocenters. The lowest BCUT2D eigenvalue weighted by Crippen LogP contribution is -2.08. The van der Waals surface area contributed by atoms with Crippen molar-refractivity contribution in [3.05, 3.63) is 51.6 Å². The van der Waals surface area contributed by atoms with E-state index in [9.17, 15) is 14.5 Å². The van der Waals surface area contributed by atoms with Gasteiger partial charge in [0.1, 0.15) is 11.6 Å². The lowest BCUT2D eigenvalue weighted by Gasteiger charge is -2.09. The van der Waals surface area contributed by atoms with Crippen LogP contribution in [-0.4, -0.2) is 22.0 Å². The number of nitro groups is 1. The highest BCUT2D eigenvalue weighted by Crippen LogP contribution is 2.31. The maximum atomic E-state index is 12.8. The highest BCUT2D eigenvalue weighted by atomic mass is 19.1. The normalized spacial score (nSPS) is 10.2. The monoisotopic (exact) mass is 292 g/mol. The van der Waals surface area contributed by atoms with Gasteiger partial charge < -0.3 is 10.1 Å². The molecule has 1 heterocycles. The molecule has 0 saturated heterocycles. The molecular weight excluding hydrogens is 279 g/mol. The molecule has 21 heavy (non-hydrogen) atoms. The minimum absolute atomic E-state index is 0.0636. The second-order valence-electron chi connectivity index (χ2n) is 4.21. The zero-order valence-electron chi connectivity index (χ0n) is 11.5. The van der Waals surface area contributed by atoms with Gasteiger partial charge in [-0.05, 0) is 24.6 Å². The van der Waals surface area contributed by atoms with Gasteiger partial charge in [-0.15, -0.1) is 0 Å². The van der Waals surface area contributed by atoms with E-state index in [2.05, 4.69) is 15.3 Å². The van der Waals surface area contributed by atoms with Crippen LogP contribution < -0.4 is 10.1 Å². The van der Waals surface area contributed by atoms with Gasteiger partial charge in [-0.1, -0.05) is 12.1 Å². The Morgan fingerprint density at radius 1 is 1.33 bits per heavy atom. The molecule has 0 radical (unpaired) electrons. The van der Waals surface area contributed by atoms with Crippen molar-refractivity contribution in [1.82, 2.24) is 9.97 Å². The Kier molecular flexibility index (Phi) is 4.27. The Morgan fingerprint density at radius 3 is 2.57 bits per heavy atom. The number of aromatic nitrogens is 2. The quantitative estimate of drug-likeness (QED) is 0.672. The van der Waals surface area contributed by atoms with Crippen molar-refractivity contribution in [3.8, 4) is 5.88 Å². The Balaban J connectivity index is 2.28. The number of anilines is 1. The molecule has 0 atom stereocenters. The van der Waals surface area contributed by atoms with Crippen molar-refractivity contribution in [3.63, 3.8) is 0 Å². The van der Waals surface area contributed by atoms with Crippen LogP contribution in [0, 0.1) is 22.9 Å². The molecule has 0 saturated carbocycles. The van der Waals surface area contributed by atoms with Crippen LogP contribution in [0.1, 0.15) is 11.4 Å². The van der Waals surface area contributed by atoms with E-state index in [1.54, 1.807) is 19.1 Å². The third-order valence-corrected chi connectivity index (χ3v) is 2.71. The van der Waals surface area contributed by atoms with Crippen LogP contribution >= 0.6 is 0 Å². The van der Waals surface area contributed by atoms with Gasteiger partial charge in [-0.25, -0.2) is 9.37 Å². The molecule has 2 rings (SSSR count). The van der Waals surface area contributed by atoms with Crippen molar-refractivity contribution >= 4 is 11.5 Å². The highest BCUT2D eigenvalue weighted by molar-refractivity contribution is 5.61. The largest absolute Gasteiger partial charge is 0.476 e. The van der Waals surface area contributed by atoms with Gasteiger partial charge in [-0.2, -0.15) is 4.98 Å². The van der Waals surface area contributed by atoms with E-state index in [4.69, 9.17) is 4.74 Å². The Hall–Kier alpha value is -2.77. The molecular formula is C13H13FN4O3. The average Bonchev–Trinajstić information content (AvgIpc) is 2.45. The maximum Gasteiger partial charge on any atom is 0.372 e. The fourth-order valence-electron chi connectivity index (χ4n) is 1.76. The highest BCUT2D eigenvalue weighted by Gasteiger charge is 2.24. The average molecular weight is 292 g/mol. The summed E-state index contributed by atoms with van der Waals surface area (Å²) in [6.45, 7) is 1.87. The molecule has 2 aromatic rings. The first-order valence-corrected chi connectivity index (χ1v) is 6.06. The van der Waals surface area contributed by atoms with E-state index in [1.165, 1.54) is 19.2 Å². The second-order valence-corrected chi connectivity index (χ2v) is 4.21. The molecule has 1 N–H and O–H groups in total. The molecule has 0 spiro atoms. The van der Waals surface area contributed by atoms with Crippen molar-refractivity contribution in [2.24, 2.45) is 0 Å². The Labute approximate surface area is 120 Å². The Morgan fingerprint density at radius 2 is 2.00 bits per heavy atom. The van der Waals surface area contributed by atoms with Gasteiger partial charge in [-0.3, -0.25) is 10.1 Å². The van der Waals surface area contributed by atoms with Gasteiger partial charge in [0.2, 0.25) is 5.82 Å². The summed E-state index contributed by atoms with van der Waals surface area (Å²) >= 11 is 0. The van der Waals surface area contributed by atoms with Crippen LogP contribution in [-0.2, 0) is 6.54 Å². The summed E-state index contributed by atoms with van der Waals surface area (Å²) in [5.74, 6) is -0.0360. The molecule has 0 aliphatic heterocycles. The van der Waals surface area contributed by atoms with E-state index >= 15 is 0 Å². The van der Waals surface area contributed by atoms with Gasteiger partial charge in [0.05, 0.1) is 12.0 Å². The van der Waals surface area contributed by atoms with E-state index in [1.807, 2.05) is 0 Å². The standard InChI is InChI=1S/C13H13FN4O3/c1-8-16-12(11(18(19)20)13(17-8)21-2)15-7-9-3-5-10(14)6-4-9/h3-6H,7H2,1-2H3,(H,15,16,17). The molecule has 0 amide bonds. The first-order valence-electron chi connectivity index (χ1n) is 6.06. The molecule has 0 aliphatic carbocycles. The van der Waals surface area contributed by atoms with Gasteiger partial charge >= 0.3 is 5.69 Å². The topological polar surface area (TPSA) is 90.2 Å². The number of hydrogen-bond acceptors (Lipinski definition) is 6. The molecule has 8 heteroatoms. The number of rotatable bonds is 5. The smallest absolute Gasteiger partial charge is 0.372 e. The van der Waals surface area contributed by atoms with Crippen LogP contribution in [0.2, 0.25) is 0 Å². The summed E-state index contributed by atoms with van der Waals surface area (Å²) in [5.41, 5.74) is 0.436. The van der Waals surface area contributed by atoms with Gasteiger partial charge in [0.25, 0.3) is 5.88 Å².